The Kier molecular flexibility index (Phi) is 5.69. The Bertz CT molecular complexity index is 899. The number of nitrogens with one attached hydrogen (secondary N) is 1. The number of benzene rings is 1. The number of aromatic nitrogens is 1. The van der Waals surface area contributed by atoms with Crippen molar-refractivity contribution < 1.29 is 24.2 Å². The van der Waals surface area contributed by atoms with E-state index in [-0.39, 0.29) is 25.2 Å². The summed E-state index contributed by atoms with van der Waals surface area (Å²) >= 11 is 0. The van der Waals surface area contributed by atoms with Crippen LogP contribution in [0, 0.1) is 0 Å². The van der Waals surface area contributed by atoms with Gasteiger partial charge in [-0.05, 0) is 43.9 Å². The summed E-state index contributed by atoms with van der Waals surface area (Å²) in [7, 11) is 0. The van der Waals surface area contributed by atoms with Crippen LogP contribution in [0.1, 0.15) is 43.5 Å². The second-order valence-corrected chi connectivity index (χ2v) is 7.30. The van der Waals surface area contributed by atoms with Gasteiger partial charge in [0.1, 0.15) is 5.75 Å². The van der Waals surface area contributed by atoms with Gasteiger partial charge in [-0.25, -0.2) is 4.98 Å². The van der Waals surface area contributed by atoms with Gasteiger partial charge in [0, 0.05) is 24.4 Å². The van der Waals surface area contributed by atoms with Gasteiger partial charge in [-0.1, -0.05) is 0 Å². The summed E-state index contributed by atoms with van der Waals surface area (Å²) in [6.07, 6.45) is 2.89. The molecule has 3 rings (SSSR count). The van der Waals surface area contributed by atoms with Gasteiger partial charge >= 0.3 is 0 Å². The van der Waals surface area contributed by atoms with Crippen LogP contribution in [0.3, 0.4) is 0 Å². The molecule has 0 saturated carbocycles. The summed E-state index contributed by atoms with van der Waals surface area (Å²) in [6, 6.07) is 5.13. The Hall–Kier alpha value is -2.87. The van der Waals surface area contributed by atoms with Crippen LogP contribution in [0.15, 0.2) is 24.4 Å². The molecular formula is C20H25N3O5. The van der Waals surface area contributed by atoms with Crippen LogP contribution in [0.4, 0.5) is 0 Å². The van der Waals surface area contributed by atoms with Gasteiger partial charge < -0.3 is 25.6 Å². The Labute approximate surface area is 163 Å². The molecule has 150 valence electrons. The number of aliphatic hydroxyl groups is 1. The van der Waals surface area contributed by atoms with Crippen molar-refractivity contribution in [3.63, 3.8) is 0 Å². The smallest absolute Gasteiger partial charge is 0.252 e. The Morgan fingerprint density at radius 3 is 2.82 bits per heavy atom. The second-order valence-electron chi connectivity index (χ2n) is 7.30. The van der Waals surface area contributed by atoms with E-state index in [2.05, 4.69) is 10.3 Å². The molecule has 1 aliphatic heterocycles. The SMILES string of the molecule is CC(C)Oc1cc2c(OCC[C@]3(CO)CCC(=O)N3)nccc2cc1C(N)=O. The largest absolute Gasteiger partial charge is 0.490 e. The predicted octanol–water partition coefficient (Wildman–Crippen LogP) is 1.53. The molecule has 0 bridgehead atoms. The molecule has 1 atom stereocenters. The maximum Gasteiger partial charge on any atom is 0.252 e. The van der Waals surface area contributed by atoms with E-state index in [1.165, 1.54) is 0 Å². The third-order valence-corrected chi connectivity index (χ3v) is 4.81. The molecule has 0 aliphatic carbocycles. The molecule has 0 radical (unpaired) electrons. The molecule has 8 heteroatoms. The molecule has 28 heavy (non-hydrogen) atoms. The van der Waals surface area contributed by atoms with Crippen LogP contribution in [-0.2, 0) is 4.79 Å². The average Bonchev–Trinajstić information content (AvgIpc) is 3.02. The molecule has 1 aliphatic rings. The zero-order chi connectivity index (χ0) is 20.3. The van der Waals surface area contributed by atoms with E-state index in [0.29, 0.717) is 41.8 Å². The molecular weight excluding hydrogens is 362 g/mol. The number of amides is 2. The highest BCUT2D eigenvalue weighted by atomic mass is 16.5. The number of aliphatic hydroxyl groups excluding tert-OH is 1. The lowest BCUT2D eigenvalue weighted by Crippen LogP contribution is -2.46. The molecule has 1 saturated heterocycles. The fourth-order valence-corrected chi connectivity index (χ4v) is 3.34. The highest BCUT2D eigenvalue weighted by molar-refractivity contribution is 6.01. The summed E-state index contributed by atoms with van der Waals surface area (Å²) < 4.78 is 11.6. The molecule has 4 N–H and O–H groups in total. The third-order valence-electron chi connectivity index (χ3n) is 4.81. The molecule has 0 unspecified atom stereocenters. The Morgan fingerprint density at radius 2 is 2.21 bits per heavy atom. The minimum Gasteiger partial charge on any atom is -0.490 e. The summed E-state index contributed by atoms with van der Waals surface area (Å²) in [6.45, 7) is 3.85. The highest BCUT2D eigenvalue weighted by Crippen LogP contribution is 2.32. The van der Waals surface area contributed by atoms with Crippen LogP contribution in [-0.4, -0.2) is 46.8 Å². The topological polar surface area (TPSA) is 124 Å². The van der Waals surface area contributed by atoms with Gasteiger partial charge in [0.05, 0.1) is 30.4 Å². The molecule has 2 heterocycles. The molecule has 2 aromatic rings. The number of hydrogen-bond acceptors (Lipinski definition) is 6. The van der Waals surface area contributed by atoms with Crippen molar-refractivity contribution in [2.45, 2.75) is 44.8 Å². The second kappa shape index (κ2) is 8.02. The van der Waals surface area contributed by atoms with Gasteiger partial charge in [0.2, 0.25) is 11.8 Å². The number of nitrogens with zero attached hydrogens (tertiary/aromatic N) is 1. The third kappa shape index (κ3) is 4.17. The lowest BCUT2D eigenvalue weighted by atomic mass is 9.95. The summed E-state index contributed by atoms with van der Waals surface area (Å²) in [5.41, 5.74) is 5.14. The number of carbonyl (C=O) groups is 2. The number of rotatable bonds is 8. The minimum atomic E-state index is -0.646. The van der Waals surface area contributed by atoms with E-state index in [0.717, 1.165) is 5.39 Å². The summed E-state index contributed by atoms with van der Waals surface area (Å²) in [4.78, 5) is 27.6. The van der Waals surface area contributed by atoms with E-state index in [9.17, 15) is 14.7 Å². The van der Waals surface area contributed by atoms with Crippen molar-refractivity contribution in [1.82, 2.24) is 10.3 Å². The van der Waals surface area contributed by atoms with Crippen molar-refractivity contribution in [3.8, 4) is 11.6 Å². The lowest BCUT2D eigenvalue weighted by molar-refractivity contribution is -0.120. The number of nitrogens with two attached hydrogens (primary N) is 1. The van der Waals surface area contributed by atoms with Gasteiger partial charge in [0.15, 0.2) is 0 Å². The monoisotopic (exact) mass is 387 g/mol. The molecule has 8 nitrogen and oxygen atoms in total. The molecule has 2 amide bonds. The first-order valence-corrected chi connectivity index (χ1v) is 9.27. The standard InChI is InChI=1S/C20H25N3O5/c1-12(2)28-16-10-14-13(9-15(16)18(21)26)4-7-22-19(14)27-8-6-20(11-24)5-3-17(25)23-20/h4,7,9-10,12,24H,3,5-6,8,11H2,1-2H3,(H2,21,26)(H,23,25)/t20-/m0/s1. The van der Waals surface area contributed by atoms with Crippen molar-refractivity contribution >= 4 is 22.6 Å². The fraction of sp³-hybridized carbons (Fsp3) is 0.450. The number of fused-ring (bicyclic) bond motifs is 1. The Morgan fingerprint density at radius 1 is 1.43 bits per heavy atom. The number of hydrogen-bond donors (Lipinski definition) is 3. The normalized spacial score (nSPS) is 19.1. The van der Waals surface area contributed by atoms with E-state index < -0.39 is 11.4 Å². The number of ether oxygens (including phenoxy) is 2. The van der Waals surface area contributed by atoms with Crippen LogP contribution < -0.4 is 20.5 Å². The van der Waals surface area contributed by atoms with E-state index in [1.807, 2.05) is 13.8 Å². The van der Waals surface area contributed by atoms with Gasteiger partial charge in [0.25, 0.3) is 5.91 Å². The van der Waals surface area contributed by atoms with Gasteiger partial charge in [-0.15, -0.1) is 0 Å². The first kappa shape index (κ1) is 19.9. The van der Waals surface area contributed by atoms with Crippen molar-refractivity contribution in [2.75, 3.05) is 13.2 Å². The number of primary amides is 1. The minimum absolute atomic E-state index is 0.0632. The van der Waals surface area contributed by atoms with Crippen LogP contribution in [0.5, 0.6) is 11.6 Å². The molecule has 0 spiro atoms. The predicted molar refractivity (Wildman–Crippen MR) is 103 cm³/mol. The van der Waals surface area contributed by atoms with Gasteiger partial charge in [-0.2, -0.15) is 0 Å². The lowest BCUT2D eigenvalue weighted by Gasteiger charge is -2.26. The van der Waals surface area contributed by atoms with Crippen molar-refractivity contribution in [3.05, 3.63) is 30.0 Å². The quantitative estimate of drug-likeness (QED) is 0.631. The zero-order valence-electron chi connectivity index (χ0n) is 16.0. The maximum absolute atomic E-state index is 11.8. The maximum atomic E-state index is 11.8. The zero-order valence-corrected chi connectivity index (χ0v) is 16.0. The average molecular weight is 387 g/mol. The summed E-state index contributed by atoms with van der Waals surface area (Å²) in [5.74, 6) is 0.132. The molecule has 1 fully saturated rings. The van der Waals surface area contributed by atoms with E-state index >= 15 is 0 Å². The van der Waals surface area contributed by atoms with Crippen LogP contribution in [0.25, 0.3) is 10.8 Å². The molecule has 1 aromatic carbocycles. The van der Waals surface area contributed by atoms with E-state index in [1.54, 1.807) is 24.4 Å². The highest BCUT2D eigenvalue weighted by Gasteiger charge is 2.36. The van der Waals surface area contributed by atoms with Crippen molar-refractivity contribution in [1.29, 1.82) is 0 Å². The van der Waals surface area contributed by atoms with Crippen LogP contribution >= 0.6 is 0 Å². The van der Waals surface area contributed by atoms with Crippen LogP contribution in [0.2, 0.25) is 0 Å². The Balaban J connectivity index is 1.85. The fourth-order valence-electron chi connectivity index (χ4n) is 3.34. The molecule has 1 aromatic heterocycles. The first-order valence-electron chi connectivity index (χ1n) is 9.27. The number of pyridine rings is 1. The number of carbonyl (C=O) groups excluding carboxylic acids is 2. The first-order chi connectivity index (χ1) is 13.3. The van der Waals surface area contributed by atoms with Crippen molar-refractivity contribution in [2.24, 2.45) is 5.73 Å². The van der Waals surface area contributed by atoms with E-state index in [4.69, 9.17) is 15.2 Å². The summed E-state index contributed by atoms with van der Waals surface area (Å²) in [5, 5.41) is 13.9. The van der Waals surface area contributed by atoms with Gasteiger partial charge in [-0.3, -0.25) is 9.59 Å².